The first-order valence-electron chi connectivity index (χ1n) is 26.0. The number of rotatable bonds is 5. The number of para-hydroxylation sites is 2. The zero-order chi connectivity index (χ0) is 52.2. The van der Waals surface area contributed by atoms with Crippen molar-refractivity contribution in [3.8, 4) is 56.4 Å². The number of thiophene rings is 2. The largest absolute Gasteiger partial charge is 0.455 e. The standard InChI is InChI=1S/C51H29N3OS2/c1-3-12-30(13-4-1)49-52-50(31-14-5-2-6-15-31)54-51(53-49)33-23-25-39-38-24-22-32(28-45(38)56-46(39)29-33)41-26-34(27-42-37-17-8-10-21-44(37)57-48(41)42)35-18-11-19-40-36-16-7-9-20-43(36)55-47(35)40/h1-29H/i1D,2D,3D,4D,5D,6D,7D,9D,11D,12D,13D,14D,15D,16D,18D,19D,20D. The van der Waals surface area contributed by atoms with E-state index in [9.17, 15) is 1.37 Å². The summed E-state index contributed by atoms with van der Waals surface area (Å²) in [6.45, 7) is 0. The normalized spacial score (nSPS) is 16.0. The Labute approximate surface area is 358 Å². The Kier molecular flexibility index (Phi) is 4.43. The van der Waals surface area contributed by atoms with Gasteiger partial charge in [0.1, 0.15) is 11.2 Å². The summed E-state index contributed by atoms with van der Waals surface area (Å²) in [5.41, 5.74) is 1.67. The van der Waals surface area contributed by atoms with Gasteiger partial charge >= 0.3 is 0 Å². The summed E-state index contributed by atoms with van der Waals surface area (Å²) in [5.74, 6) is -0.805. The van der Waals surface area contributed by atoms with Crippen molar-refractivity contribution < 1.29 is 27.7 Å². The number of nitrogens with zero attached hydrogens (tertiary/aromatic N) is 3. The number of hydrogen-bond donors (Lipinski definition) is 0. The van der Waals surface area contributed by atoms with E-state index in [1.807, 2.05) is 60.7 Å². The van der Waals surface area contributed by atoms with Crippen molar-refractivity contribution in [2.75, 3.05) is 0 Å². The summed E-state index contributed by atoms with van der Waals surface area (Å²) >= 11 is 3.02. The van der Waals surface area contributed by atoms with E-state index >= 15 is 0 Å². The molecule has 0 amide bonds. The highest BCUT2D eigenvalue weighted by atomic mass is 32.1. The van der Waals surface area contributed by atoms with Crippen molar-refractivity contribution in [1.29, 1.82) is 0 Å². The average Bonchev–Trinajstić information content (AvgIpc) is 4.10. The van der Waals surface area contributed by atoms with Crippen molar-refractivity contribution >= 4 is 85.0 Å². The van der Waals surface area contributed by atoms with Crippen LogP contribution in [0.4, 0.5) is 0 Å². The molecule has 0 N–H and O–H groups in total. The van der Waals surface area contributed by atoms with Crippen molar-refractivity contribution in [1.82, 2.24) is 15.0 Å². The number of hydrogen-bond acceptors (Lipinski definition) is 6. The molecule has 0 aliphatic rings. The lowest BCUT2D eigenvalue weighted by Gasteiger charge is -2.10. The Balaban J connectivity index is 1.06. The highest BCUT2D eigenvalue weighted by Crippen LogP contribution is 2.46. The molecule has 0 saturated carbocycles. The monoisotopic (exact) mass is 780 g/mol. The van der Waals surface area contributed by atoms with Crippen LogP contribution in [-0.4, -0.2) is 15.0 Å². The maximum atomic E-state index is 9.26. The van der Waals surface area contributed by atoms with Crippen LogP contribution >= 0.6 is 22.7 Å². The molecule has 0 radical (unpaired) electrons. The van der Waals surface area contributed by atoms with Crippen LogP contribution in [0.15, 0.2) is 180 Å². The van der Waals surface area contributed by atoms with Crippen molar-refractivity contribution in [2.45, 2.75) is 0 Å². The molecule has 4 aromatic heterocycles. The topological polar surface area (TPSA) is 51.8 Å². The van der Waals surface area contributed by atoms with E-state index in [1.54, 1.807) is 23.5 Å². The fourth-order valence-corrected chi connectivity index (χ4v) is 9.66. The van der Waals surface area contributed by atoms with E-state index in [4.69, 9.17) is 26.3 Å². The number of fused-ring (bicyclic) bond motifs is 9. The second-order valence-electron chi connectivity index (χ2n) is 13.1. The Bertz CT molecular complexity index is 4400. The van der Waals surface area contributed by atoms with Gasteiger partial charge in [-0.25, -0.2) is 15.0 Å². The SMILES string of the molecule is [2H]c1c([2H])c([2H])c(-c2nc(-c3ccc4c(c3)sc3cc(-c5cc(-c6c([2H])c([2H])c([2H])c7c6oc6c([2H])c([2H])c([2H])c([2H])c67)cc6c5sc5ccccc56)ccc34)nc(-c3c([2H])c([2H])c([2H])c([2H])c3[2H])n2)c([2H])c1[2H]. The van der Waals surface area contributed by atoms with Gasteiger partial charge in [-0.1, -0.05) is 139 Å². The van der Waals surface area contributed by atoms with Crippen molar-refractivity contribution in [3.05, 3.63) is 176 Å². The first kappa shape index (κ1) is 19.7. The molecule has 0 saturated heterocycles. The molecule has 4 nitrogen and oxygen atoms in total. The molecule has 0 unspecified atom stereocenters. The summed E-state index contributed by atoms with van der Waals surface area (Å²) in [7, 11) is 0. The van der Waals surface area contributed by atoms with Crippen LogP contribution < -0.4 is 0 Å². The van der Waals surface area contributed by atoms with Gasteiger partial charge < -0.3 is 4.42 Å². The lowest BCUT2D eigenvalue weighted by Crippen LogP contribution is -1.99. The molecule has 57 heavy (non-hydrogen) atoms. The van der Waals surface area contributed by atoms with E-state index in [-0.39, 0.29) is 62.1 Å². The van der Waals surface area contributed by atoms with Gasteiger partial charge in [-0.3, -0.25) is 0 Å². The van der Waals surface area contributed by atoms with Gasteiger partial charge in [0.2, 0.25) is 0 Å². The van der Waals surface area contributed by atoms with Crippen LogP contribution in [0.25, 0.3) is 119 Å². The molecule has 0 aliphatic carbocycles. The lowest BCUT2D eigenvalue weighted by atomic mass is 9.94. The molecule has 0 spiro atoms. The third-order valence-corrected chi connectivity index (χ3v) is 12.2. The fourth-order valence-electron chi connectivity index (χ4n) is 7.25. The predicted octanol–water partition coefficient (Wildman–Crippen LogP) is 14.8. The third-order valence-electron chi connectivity index (χ3n) is 9.83. The van der Waals surface area contributed by atoms with Crippen molar-refractivity contribution in [3.63, 3.8) is 0 Å². The van der Waals surface area contributed by atoms with Crippen LogP contribution in [0.1, 0.15) is 23.3 Å². The minimum atomic E-state index is -0.646. The quantitative estimate of drug-likeness (QED) is 0.175. The highest BCUT2D eigenvalue weighted by molar-refractivity contribution is 7.26. The first-order chi connectivity index (χ1) is 35.3. The molecular weight excluding hydrogens is 735 g/mol. The molecule has 266 valence electrons. The molecule has 0 bridgehead atoms. The van der Waals surface area contributed by atoms with Gasteiger partial charge in [0.05, 0.1) is 23.3 Å². The minimum Gasteiger partial charge on any atom is -0.455 e. The van der Waals surface area contributed by atoms with E-state index < -0.39 is 96.7 Å². The maximum absolute atomic E-state index is 9.26. The Morgan fingerprint density at radius 1 is 0.404 bits per heavy atom. The Morgan fingerprint density at radius 3 is 1.77 bits per heavy atom. The zero-order valence-corrected chi connectivity index (χ0v) is 30.6. The van der Waals surface area contributed by atoms with Gasteiger partial charge in [0, 0.05) is 78.9 Å². The second kappa shape index (κ2) is 12.8. The van der Waals surface area contributed by atoms with Crippen LogP contribution in [0.2, 0.25) is 0 Å². The van der Waals surface area contributed by atoms with Crippen molar-refractivity contribution in [2.24, 2.45) is 0 Å². The number of furan rings is 1. The van der Waals surface area contributed by atoms with Crippen LogP contribution in [-0.2, 0) is 0 Å². The molecular formula is C51H29N3OS2. The van der Waals surface area contributed by atoms with Crippen LogP contribution in [0.3, 0.4) is 0 Å². The van der Waals surface area contributed by atoms with E-state index in [0.717, 1.165) is 51.5 Å². The summed E-state index contributed by atoms with van der Waals surface area (Å²) in [5, 5.41) is 3.50. The molecule has 4 heterocycles. The maximum Gasteiger partial charge on any atom is 0.164 e. The van der Waals surface area contributed by atoms with Crippen LogP contribution in [0, 0.1) is 0 Å². The molecule has 12 rings (SSSR count). The van der Waals surface area contributed by atoms with Gasteiger partial charge in [-0.05, 0) is 47.5 Å². The van der Waals surface area contributed by atoms with E-state index in [2.05, 4.69) is 15.0 Å². The molecule has 6 heteroatoms. The Morgan fingerprint density at radius 2 is 1.02 bits per heavy atom. The molecule has 8 aromatic carbocycles. The first-order valence-corrected chi connectivity index (χ1v) is 19.2. The van der Waals surface area contributed by atoms with Gasteiger partial charge in [0.15, 0.2) is 17.5 Å². The van der Waals surface area contributed by atoms with E-state index in [0.29, 0.717) is 11.1 Å². The molecule has 12 aromatic rings. The Hall–Kier alpha value is -6.99. The highest BCUT2D eigenvalue weighted by Gasteiger charge is 2.19. The predicted molar refractivity (Wildman–Crippen MR) is 240 cm³/mol. The van der Waals surface area contributed by atoms with E-state index in [1.165, 1.54) is 11.3 Å². The second-order valence-corrected chi connectivity index (χ2v) is 15.2. The third kappa shape index (κ3) is 5.30. The summed E-state index contributed by atoms with van der Waals surface area (Å²) in [6, 6.07) is 13.7. The molecule has 0 atom stereocenters. The minimum absolute atomic E-state index is 0.00218. The smallest absolute Gasteiger partial charge is 0.164 e. The number of aromatic nitrogens is 3. The summed E-state index contributed by atoms with van der Waals surface area (Å²) < 4.78 is 155. The molecule has 0 fully saturated rings. The van der Waals surface area contributed by atoms with Gasteiger partial charge in [-0.2, -0.15) is 0 Å². The summed E-state index contributed by atoms with van der Waals surface area (Å²) in [6.07, 6.45) is 0. The average molecular weight is 781 g/mol. The number of benzene rings is 8. The van der Waals surface area contributed by atoms with Crippen LogP contribution in [0.5, 0.6) is 0 Å². The molecule has 0 aliphatic heterocycles. The van der Waals surface area contributed by atoms with Gasteiger partial charge in [0.25, 0.3) is 0 Å². The lowest BCUT2D eigenvalue weighted by molar-refractivity contribution is 0.670. The summed E-state index contributed by atoms with van der Waals surface area (Å²) in [4.78, 5) is 13.6. The van der Waals surface area contributed by atoms with Gasteiger partial charge in [-0.15, -0.1) is 22.7 Å². The fraction of sp³-hybridized carbons (Fsp3) is 0. The zero-order valence-electron chi connectivity index (χ0n) is 46.0.